The Kier molecular flexibility index (Phi) is 13.3. The zero-order valence-electron chi connectivity index (χ0n) is 14.3. The standard InChI is InChI=1S/C18H39OP/c1-4-7-10-12-15-17(14-9-6-3)18(19,20)16-13-11-8-5-2/h17,19H,4-16,20H2,1-3H3. The normalized spacial score (nSPS) is 16.1. The van der Waals surface area contributed by atoms with Crippen LogP contribution in [0.15, 0.2) is 0 Å². The molecule has 0 fully saturated rings. The summed E-state index contributed by atoms with van der Waals surface area (Å²) in [5.41, 5.74) is 0. The molecule has 0 saturated heterocycles. The van der Waals surface area contributed by atoms with Crippen LogP contribution in [0.5, 0.6) is 0 Å². The third-order valence-corrected chi connectivity index (χ3v) is 5.21. The summed E-state index contributed by atoms with van der Waals surface area (Å²) in [4.78, 5) is 0. The Bertz CT molecular complexity index is 204. The van der Waals surface area contributed by atoms with Gasteiger partial charge in [-0.3, -0.25) is 0 Å². The van der Waals surface area contributed by atoms with E-state index in [9.17, 15) is 5.11 Å². The Morgan fingerprint density at radius 2 is 1.25 bits per heavy atom. The summed E-state index contributed by atoms with van der Waals surface area (Å²) in [5, 5.41) is 10.3. The Morgan fingerprint density at radius 3 is 1.80 bits per heavy atom. The summed E-state index contributed by atoms with van der Waals surface area (Å²) in [6, 6.07) is 0. The molecule has 0 amide bonds. The van der Waals surface area contributed by atoms with Gasteiger partial charge in [-0.25, -0.2) is 0 Å². The summed E-state index contributed by atoms with van der Waals surface area (Å²) in [7, 11) is 2.79. The van der Waals surface area contributed by atoms with Gasteiger partial charge in [-0.2, -0.15) is 0 Å². The predicted molar refractivity (Wildman–Crippen MR) is 95.2 cm³/mol. The minimum atomic E-state index is -0.519. The maximum Gasteiger partial charge on any atom is 0.0806 e. The van der Waals surface area contributed by atoms with E-state index in [0.29, 0.717) is 5.92 Å². The van der Waals surface area contributed by atoms with Gasteiger partial charge in [0.2, 0.25) is 0 Å². The van der Waals surface area contributed by atoms with Gasteiger partial charge in [0, 0.05) is 0 Å². The molecule has 0 aromatic heterocycles. The molecule has 0 saturated carbocycles. The number of rotatable bonds is 14. The zero-order chi connectivity index (χ0) is 15.3. The van der Waals surface area contributed by atoms with E-state index in [4.69, 9.17) is 0 Å². The van der Waals surface area contributed by atoms with Crippen molar-refractivity contribution in [3.05, 3.63) is 0 Å². The van der Waals surface area contributed by atoms with Crippen LogP contribution in [-0.4, -0.2) is 10.4 Å². The van der Waals surface area contributed by atoms with E-state index >= 15 is 0 Å². The lowest BCUT2D eigenvalue weighted by Gasteiger charge is -2.33. The molecule has 0 aliphatic carbocycles. The van der Waals surface area contributed by atoms with Crippen molar-refractivity contribution in [2.24, 2.45) is 5.92 Å². The van der Waals surface area contributed by atoms with Gasteiger partial charge in [-0.05, 0) is 25.2 Å². The molecular formula is C18H39OP. The van der Waals surface area contributed by atoms with E-state index in [-0.39, 0.29) is 0 Å². The van der Waals surface area contributed by atoms with Crippen LogP contribution in [0.3, 0.4) is 0 Å². The third kappa shape index (κ3) is 10.2. The van der Waals surface area contributed by atoms with Crippen LogP contribution in [0.25, 0.3) is 0 Å². The average molecular weight is 302 g/mol. The Labute approximate surface area is 130 Å². The lowest BCUT2D eigenvalue weighted by atomic mass is 9.87. The maximum atomic E-state index is 10.8. The minimum Gasteiger partial charge on any atom is -0.386 e. The fraction of sp³-hybridized carbons (Fsp3) is 1.00. The molecule has 0 heterocycles. The molecule has 1 nitrogen and oxygen atoms in total. The first-order chi connectivity index (χ1) is 9.58. The van der Waals surface area contributed by atoms with E-state index in [1.54, 1.807) is 0 Å². The molecule has 3 atom stereocenters. The third-order valence-electron chi connectivity index (χ3n) is 4.45. The molecule has 0 bridgehead atoms. The average Bonchev–Trinajstić information content (AvgIpc) is 2.42. The van der Waals surface area contributed by atoms with E-state index in [1.165, 1.54) is 77.0 Å². The number of hydrogen-bond donors (Lipinski definition) is 1. The zero-order valence-corrected chi connectivity index (χ0v) is 15.4. The van der Waals surface area contributed by atoms with Crippen molar-refractivity contribution in [1.29, 1.82) is 0 Å². The summed E-state index contributed by atoms with van der Waals surface area (Å²) in [6.45, 7) is 6.75. The lowest BCUT2D eigenvalue weighted by molar-refractivity contribution is 0.0479. The summed E-state index contributed by atoms with van der Waals surface area (Å²) < 4.78 is 0. The highest BCUT2D eigenvalue weighted by molar-refractivity contribution is 7.18. The van der Waals surface area contributed by atoms with Crippen molar-refractivity contribution in [2.45, 2.75) is 110 Å². The van der Waals surface area contributed by atoms with Gasteiger partial charge in [-0.1, -0.05) is 85.0 Å². The van der Waals surface area contributed by atoms with Crippen molar-refractivity contribution in [2.75, 3.05) is 0 Å². The van der Waals surface area contributed by atoms with Crippen LogP contribution in [0.1, 0.15) is 104 Å². The number of unbranched alkanes of at least 4 members (excludes halogenated alkanes) is 7. The van der Waals surface area contributed by atoms with E-state index in [0.717, 1.165) is 6.42 Å². The first-order valence-electron chi connectivity index (χ1n) is 9.09. The van der Waals surface area contributed by atoms with Gasteiger partial charge >= 0.3 is 0 Å². The molecule has 0 rings (SSSR count). The molecule has 0 aliphatic heterocycles. The molecule has 2 heteroatoms. The van der Waals surface area contributed by atoms with Crippen LogP contribution in [0.2, 0.25) is 0 Å². The van der Waals surface area contributed by atoms with Gasteiger partial charge in [0.15, 0.2) is 0 Å². The second-order valence-electron chi connectivity index (χ2n) is 6.49. The van der Waals surface area contributed by atoms with Crippen molar-refractivity contribution in [3.8, 4) is 0 Å². The van der Waals surface area contributed by atoms with Crippen molar-refractivity contribution < 1.29 is 5.11 Å². The molecule has 0 aliphatic rings. The monoisotopic (exact) mass is 302 g/mol. The van der Waals surface area contributed by atoms with Gasteiger partial charge in [-0.15, -0.1) is 9.24 Å². The van der Waals surface area contributed by atoms with Crippen molar-refractivity contribution in [1.82, 2.24) is 0 Å². The fourth-order valence-electron chi connectivity index (χ4n) is 2.95. The van der Waals surface area contributed by atoms with Crippen LogP contribution >= 0.6 is 9.24 Å². The second-order valence-corrected chi connectivity index (χ2v) is 7.49. The van der Waals surface area contributed by atoms with Crippen molar-refractivity contribution >= 4 is 9.24 Å². The smallest absolute Gasteiger partial charge is 0.0806 e. The maximum absolute atomic E-state index is 10.8. The van der Waals surface area contributed by atoms with Crippen LogP contribution < -0.4 is 0 Å². The first kappa shape index (κ1) is 20.4. The first-order valence-corrected chi connectivity index (χ1v) is 9.67. The Morgan fingerprint density at radius 1 is 0.750 bits per heavy atom. The molecule has 0 aromatic rings. The molecule has 20 heavy (non-hydrogen) atoms. The largest absolute Gasteiger partial charge is 0.386 e. The molecule has 122 valence electrons. The van der Waals surface area contributed by atoms with Crippen LogP contribution in [0, 0.1) is 5.92 Å². The number of hydrogen-bond acceptors (Lipinski definition) is 1. The molecule has 1 N–H and O–H groups in total. The van der Waals surface area contributed by atoms with Gasteiger partial charge < -0.3 is 5.11 Å². The molecule has 0 radical (unpaired) electrons. The lowest BCUT2D eigenvalue weighted by Crippen LogP contribution is -2.31. The van der Waals surface area contributed by atoms with E-state index < -0.39 is 5.34 Å². The highest BCUT2D eigenvalue weighted by Crippen LogP contribution is 2.37. The molecule has 0 aromatic carbocycles. The van der Waals surface area contributed by atoms with E-state index in [1.807, 2.05) is 0 Å². The minimum absolute atomic E-state index is 0.478. The van der Waals surface area contributed by atoms with Crippen LogP contribution in [-0.2, 0) is 0 Å². The van der Waals surface area contributed by atoms with Crippen LogP contribution in [0.4, 0.5) is 0 Å². The SMILES string of the molecule is CCCCCCC(CCCC)C(O)(P)CCCCCC. The summed E-state index contributed by atoms with van der Waals surface area (Å²) in [6.07, 6.45) is 16.1. The topological polar surface area (TPSA) is 20.2 Å². The molecule has 0 spiro atoms. The van der Waals surface area contributed by atoms with Gasteiger partial charge in [0.25, 0.3) is 0 Å². The Balaban J connectivity index is 4.17. The van der Waals surface area contributed by atoms with Crippen molar-refractivity contribution in [3.63, 3.8) is 0 Å². The quantitative estimate of drug-likeness (QED) is 0.295. The predicted octanol–water partition coefficient (Wildman–Crippen LogP) is 6.30. The number of aliphatic hydroxyl groups is 1. The summed E-state index contributed by atoms with van der Waals surface area (Å²) >= 11 is 0. The van der Waals surface area contributed by atoms with Gasteiger partial charge in [0.05, 0.1) is 5.34 Å². The Hall–Kier alpha value is 0.390. The fourth-order valence-corrected chi connectivity index (χ4v) is 3.49. The highest BCUT2D eigenvalue weighted by Gasteiger charge is 2.30. The second kappa shape index (κ2) is 13.1. The van der Waals surface area contributed by atoms with Gasteiger partial charge in [0.1, 0.15) is 0 Å². The summed E-state index contributed by atoms with van der Waals surface area (Å²) in [5.74, 6) is 0.478. The highest BCUT2D eigenvalue weighted by atomic mass is 31.0. The van der Waals surface area contributed by atoms with E-state index in [2.05, 4.69) is 30.0 Å². The molecule has 3 unspecified atom stereocenters. The molecular weight excluding hydrogens is 263 g/mol.